The Morgan fingerprint density at radius 1 is 1.05 bits per heavy atom. The summed E-state index contributed by atoms with van der Waals surface area (Å²) in [5.74, 6) is -0.767. The van der Waals surface area contributed by atoms with Crippen LogP contribution in [0.25, 0.3) is 0 Å². The standard InChI is InChI=1S/C14H15N3O2/c1-8-4-9(2)6-11(5-8)16-14-15-10(3)7-12(17-14)13(18)19/h4-7H,1-3H3,(H,18,19)(H,15,16,17). The smallest absolute Gasteiger partial charge is 0.354 e. The lowest BCUT2D eigenvalue weighted by Gasteiger charge is -2.08. The van der Waals surface area contributed by atoms with Crippen molar-refractivity contribution in [3.63, 3.8) is 0 Å². The van der Waals surface area contributed by atoms with E-state index in [0.29, 0.717) is 11.6 Å². The summed E-state index contributed by atoms with van der Waals surface area (Å²) in [6, 6.07) is 7.41. The van der Waals surface area contributed by atoms with Gasteiger partial charge in [-0.3, -0.25) is 0 Å². The van der Waals surface area contributed by atoms with E-state index in [0.717, 1.165) is 16.8 Å². The van der Waals surface area contributed by atoms with Crippen molar-refractivity contribution in [3.8, 4) is 0 Å². The van der Waals surface area contributed by atoms with E-state index in [9.17, 15) is 4.79 Å². The van der Waals surface area contributed by atoms with E-state index >= 15 is 0 Å². The van der Waals surface area contributed by atoms with Crippen LogP contribution >= 0.6 is 0 Å². The highest BCUT2D eigenvalue weighted by Crippen LogP contribution is 2.17. The summed E-state index contributed by atoms with van der Waals surface area (Å²) >= 11 is 0. The van der Waals surface area contributed by atoms with Crippen molar-refractivity contribution >= 4 is 17.6 Å². The highest BCUT2D eigenvalue weighted by molar-refractivity contribution is 5.85. The van der Waals surface area contributed by atoms with E-state index in [1.54, 1.807) is 6.92 Å². The molecule has 1 aromatic carbocycles. The van der Waals surface area contributed by atoms with Gasteiger partial charge in [0.2, 0.25) is 5.95 Å². The van der Waals surface area contributed by atoms with Crippen LogP contribution in [0.2, 0.25) is 0 Å². The minimum absolute atomic E-state index is 0.0145. The van der Waals surface area contributed by atoms with E-state index in [1.807, 2.05) is 26.0 Å². The second-order valence-corrected chi connectivity index (χ2v) is 4.52. The number of aryl methyl sites for hydroxylation is 3. The van der Waals surface area contributed by atoms with Crippen molar-refractivity contribution in [2.24, 2.45) is 0 Å². The molecular weight excluding hydrogens is 242 g/mol. The van der Waals surface area contributed by atoms with Gasteiger partial charge in [0.1, 0.15) is 0 Å². The van der Waals surface area contributed by atoms with Crippen LogP contribution in [0.1, 0.15) is 27.3 Å². The number of benzene rings is 1. The molecule has 1 aromatic heterocycles. The number of nitrogens with zero attached hydrogens (tertiary/aromatic N) is 2. The average molecular weight is 257 g/mol. The normalized spacial score (nSPS) is 10.3. The Bertz CT molecular complexity index is 618. The van der Waals surface area contributed by atoms with Crippen LogP contribution in [-0.4, -0.2) is 21.0 Å². The quantitative estimate of drug-likeness (QED) is 0.884. The molecule has 1 heterocycles. The first-order valence-corrected chi connectivity index (χ1v) is 5.88. The molecular formula is C14H15N3O2. The molecule has 0 spiro atoms. The van der Waals surface area contributed by atoms with Gasteiger partial charge in [-0.2, -0.15) is 0 Å². The average Bonchev–Trinajstić information content (AvgIpc) is 2.26. The maximum Gasteiger partial charge on any atom is 0.354 e. The molecule has 5 nitrogen and oxygen atoms in total. The van der Waals surface area contributed by atoms with Crippen LogP contribution in [0.3, 0.4) is 0 Å². The minimum Gasteiger partial charge on any atom is -0.477 e. The molecule has 0 saturated heterocycles. The number of hydrogen-bond donors (Lipinski definition) is 2. The second-order valence-electron chi connectivity index (χ2n) is 4.52. The Balaban J connectivity index is 2.35. The molecule has 0 saturated carbocycles. The lowest BCUT2D eigenvalue weighted by Crippen LogP contribution is -2.06. The van der Waals surface area contributed by atoms with Crippen molar-refractivity contribution in [1.82, 2.24) is 9.97 Å². The van der Waals surface area contributed by atoms with Crippen LogP contribution in [0.5, 0.6) is 0 Å². The van der Waals surface area contributed by atoms with Gasteiger partial charge in [0.05, 0.1) is 0 Å². The number of carbonyl (C=O) groups is 1. The molecule has 2 rings (SSSR count). The van der Waals surface area contributed by atoms with Crippen molar-refractivity contribution in [1.29, 1.82) is 0 Å². The van der Waals surface area contributed by atoms with Gasteiger partial charge in [-0.1, -0.05) is 6.07 Å². The van der Waals surface area contributed by atoms with Crippen molar-refractivity contribution in [3.05, 3.63) is 46.8 Å². The molecule has 19 heavy (non-hydrogen) atoms. The third-order valence-corrected chi connectivity index (χ3v) is 2.55. The molecule has 5 heteroatoms. The molecule has 0 aliphatic heterocycles. The van der Waals surface area contributed by atoms with Gasteiger partial charge < -0.3 is 10.4 Å². The molecule has 0 aliphatic carbocycles. The predicted octanol–water partition coefficient (Wildman–Crippen LogP) is 2.84. The first kappa shape index (κ1) is 13.0. The summed E-state index contributed by atoms with van der Waals surface area (Å²) in [7, 11) is 0. The summed E-state index contributed by atoms with van der Waals surface area (Å²) < 4.78 is 0. The third-order valence-electron chi connectivity index (χ3n) is 2.55. The van der Waals surface area contributed by atoms with Gasteiger partial charge in [-0.25, -0.2) is 14.8 Å². The molecule has 0 radical (unpaired) electrons. The zero-order chi connectivity index (χ0) is 14.0. The maximum absolute atomic E-state index is 10.9. The number of rotatable bonds is 3. The van der Waals surface area contributed by atoms with Crippen molar-refractivity contribution < 1.29 is 9.90 Å². The SMILES string of the molecule is Cc1cc(C)cc(Nc2nc(C)cc(C(=O)O)n2)c1. The number of hydrogen-bond acceptors (Lipinski definition) is 4. The summed E-state index contributed by atoms with van der Waals surface area (Å²) in [4.78, 5) is 19.1. The molecule has 98 valence electrons. The molecule has 0 unspecified atom stereocenters. The Labute approximate surface area is 111 Å². The van der Waals surface area contributed by atoms with Gasteiger partial charge >= 0.3 is 5.97 Å². The Morgan fingerprint density at radius 2 is 1.68 bits per heavy atom. The first-order chi connectivity index (χ1) is 8.94. The van der Waals surface area contributed by atoms with E-state index < -0.39 is 5.97 Å². The fourth-order valence-corrected chi connectivity index (χ4v) is 1.91. The zero-order valence-corrected chi connectivity index (χ0v) is 11.1. The van der Waals surface area contributed by atoms with Gasteiger partial charge in [0.25, 0.3) is 0 Å². The molecule has 0 bridgehead atoms. The van der Waals surface area contributed by atoms with E-state index in [2.05, 4.69) is 21.4 Å². The van der Waals surface area contributed by atoms with Crippen LogP contribution in [0.15, 0.2) is 24.3 Å². The summed E-state index contributed by atoms with van der Waals surface area (Å²) in [6.07, 6.45) is 0. The largest absolute Gasteiger partial charge is 0.477 e. The third kappa shape index (κ3) is 3.28. The lowest BCUT2D eigenvalue weighted by molar-refractivity contribution is 0.0690. The fraction of sp³-hybridized carbons (Fsp3) is 0.214. The lowest BCUT2D eigenvalue weighted by atomic mass is 10.1. The highest BCUT2D eigenvalue weighted by atomic mass is 16.4. The predicted molar refractivity (Wildman–Crippen MR) is 72.9 cm³/mol. The fourth-order valence-electron chi connectivity index (χ4n) is 1.91. The van der Waals surface area contributed by atoms with Crippen LogP contribution in [0, 0.1) is 20.8 Å². The van der Waals surface area contributed by atoms with E-state index in [1.165, 1.54) is 6.07 Å². The Hall–Kier alpha value is -2.43. The maximum atomic E-state index is 10.9. The molecule has 2 N–H and O–H groups in total. The van der Waals surface area contributed by atoms with Gasteiger partial charge in [0, 0.05) is 11.4 Å². The number of nitrogens with one attached hydrogen (secondary N) is 1. The number of anilines is 2. The van der Waals surface area contributed by atoms with Crippen molar-refractivity contribution in [2.75, 3.05) is 5.32 Å². The van der Waals surface area contributed by atoms with Crippen LogP contribution in [-0.2, 0) is 0 Å². The number of aromatic carboxylic acids is 1. The second kappa shape index (κ2) is 5.06. The minimum atomic E-state index is -1.06. The summed E-state index contributed by atoms with van der Waals surface area (Å²) in [5, 5.41) is 12.0. The zero-order valence-electron chi connectivity index (χ0n) is 11.1. The Kier molecular flexibility index (Phi) is 3.46. The van der Waals surface area contributed by atoms with Crippen molar-refractivity contribution in [2.45, 2.75) is 20.8 Å². The van der Waals surface area contributed by atoms with Gasteiger partial charge in [0.15, 0.2) is 5.69 Å². The van der Waals surface area contributed by atoms with E-state index in [4.69, 9.17) is 5.11 Å². The number of carboxylic acid groups (broad SMARTS) is 1. The number of carboxylic acids is 1. The molecule has 0 aliphatic rings. The topological polar surface area (TPSA) is 75.1 Å². The summed E-state index contributed by atoms with van der Waals surface area (Å²) in [6.45, 7) is 5.73. The molecule has 0 amide bonds. The molecule has 0 atom stereocenters. The molecule has 0 fully saturated rings. The monoisotopic (exact) mass is 257 g/mol. The number of aromatic nitrogens is 2. The van der Waals surface area contributed by atoms with Gasteiger partial charge in [-0.05, 0) is 50.1 Å². The highest BCUT2D eigenvalue weighted by Gasteiger charge is 2.09. The van der Waals surface area contributed by atoms with Crippen LogP contribution in [0.4, 0.5) is 11.6 Å². The molecule has 2 aromatic rings. The van der Waals surface area contributed by atoms with E-state index in [-0.39, 0.29) is 5.69 Å². The summed E-state index contributed by atoms with van der Waals surface area (Å²) in [5.41, 5.74) is 3.68. The van der Waals surface area contributed by atoms with Crippen LogP contribution < -0.4 is 5.32 Å². The van der Waals surface area contributed by atoms with Gasteiger partial charge in [-0.15, -0.1) is 0 Å². The first-order valence-electron chi connectivity index (χ1n) is 5.88. The Morgan fingerprint density at radius 3 is 2.26 bits per heavy atom.